The Bertz CT molecular complexity index is 865. The molecule has 2 N–H and O–H groups in total. The number of hydrogen-bond acceptors (Lipinski definition) is 5. The highest BCUT2D eigenvalue weighted by molar-refractivity contribution is 6.74. The van der Waals surface area contributed by atoms with Gasteiger partial charge in [-0.25, -0.2) is 13.6 Å². The zero-order valence-corrected chi connectivity index (χ0v) is 24.5. The zero-order valence-electron chi connectivity index (χ0n) is 23.5. The molecule has 1 amide bonds. The van der Waals surface area contributed by atoms with Crippen molar-refractivity contribution >= 4 is 14.4 Å². The molecular weight excluding hydrogens is 482 g/mol. The molecule has 2 unspecified atom stereocenters. The summed E-state index contributed by atoms with van der Waals surface area (Å²) in [6, 6.07) is 2.42. The first-order valence-corrected chi connectivity index (χ1v) is 15.8. The van der Waals surface area contributed by atoms with E-state index in [-0.39, 0.29) is 17.6 Å². The predicted molar refractivity (Wildman–Crippen MR) is 141 cm³/mol. The van der Waals surface area contributed by atoms with Gasteiger partial charge in [-0.15, -0.1) is 0 Å². The molecule has 0 aliphatic carbocycles. The second-order valence-corrected chi connectivity index (χ2v) is 17.2. The minimum absolute atomic E-state index is 0.108. The van der Waals surface area contributed by atoms with Crippen LogP contribution in [0, 0.1) is 11.6 Å². The third-order valence-corrected chi connectivity index (χ3v) is 11.4. The Hall–Kier alpha value is -1.55. The van der Waals surface area contributed by atoms with Crippen LogP contribution in [0.3, 0.4) is 0 Å². The van der Waals surface area contributed by atoms with Gasteiger partial charge in [0.05, 0.1) is 24.8 Å². The zero-order chi connectivity index (χ0) is 27.5. The van der Waals surface area contributed by atoms with Crippen molar-refractivity contribution in [2.45, 2.75) is 116 Å². The van der Waals surface area contributed by atoms with Crippen molar-refractivity contribution in [3.63, 3.8) is 0 Å². The third kappa shape index (κ3) is 8.50. The average molecular weight is 529 g/mol. The molecular formula is C27H46F2N2O4Si. The lowest BCUT2D eigenvalue weighted by Crippen LogP contribution is -2.58. The van der Waals surface area contributed by atoms with Gasteiger partial charge in [-0.3, -0.25) is 4.90 Å². The van der Waals surface area contributed by atoms with Crippen molar-refractivity contribution in [3.8, 4) is 0 Å². The highest BCUT2D eigenvalue weighted by Gasteiger charge is 2.48. The summed E-state index contributed by atoms with van der Waals surface area (Å²) in [5, 5.41) is -0.108. The van der Waals surface area contributed by atoms with Crippen molar-refractivity contribution in [1.29, 1.82) is 0 Å². The summed E-state index contributed by atoms with van der Waals surface area (Å²) in [7, 11) is -2.34. The largest absolute Gasteiger partial charge is 0.444 e. The highest BCUT2D eigenvalue weighted by Crippen LogP contribution is 2.40. The Morgan fingerprint density at radius 2 is 1.72 bits per heavy atom. The van der Waals surface area contributed by atoms with E-state index >= 15 is 0 Å². The number of ether oxygens (including phenoxy) is 2. The van der Waals surface area contributed by atoms with Gasteiger partial charge in [-0.05, 0) is 75.9 Å². The number of nitrogens with zero attached hydrogens (tertiary/aromatic N) is 1. The van der Waals surface area contributed by atoms with Crippen molar-refractivity contribution in [3.05, 3.63) is 35.4 Å². The monoisotopic (exact) mass is 528 g/mol. The van der Waals surface area contributed by atoms with Crippen LogP contribution in [0.1, 0.15) is 66.9 Å². The minimum atomic E-state index is -2.34. The number of nitrogens with two attached hydrogens (primary N) is 1. The maximum atomic E-state index is 13.9. The molecule has 2 rings (SSSR count). The number of benzene rings is 1. The molecule has 1 aliphatic heterocycles. The predicted octanol–water partition coefficient (Wildman–Crippen LogP) is 6.03. The summed E-state index contributed by atoms with van der Waals surface area (Å²) in [6.07, 6.45) is 0.425. The molecule has 1 aliphatic rings. The van der Waals surface area contributed by atoms with Gasteiger partial charge < -0.3 is 19.6 Å². The molecule has 0 radical (unpaired) electrons. The van der Waals surface area contributed by atoms with Crippen LogP contribution in [0.4, 0.5) is 13.6 Å². The molecule has 6 nitrogen and oxygen atoms in total. The number of carbonyl (C=O) groups excluding carboxylic acids is 1. The van der Waals surface area contributed by atoms with Crippen LogP contribution in [-0.2, 0) is 20.3 Å². The average Bonchev–Trinajstić information content (AvgIpc) is 3.11. The van der Waals surface area contributed by atoms with Gasteiger partial charge in [0, 0.05) is 18.7 Å². The van der Waals surface area contributed by atoms with Crippen LogP contribution in [0.25, 0.3) is 0 Å². The first-order valence-electron chi connectivity index (χ1n) is 12.9. The lowest BCUT2D eigenvalue weighted by Gasteiger charge is -2.44. The van der Waals surface area contributed by atoms with Crippen molar-refractivity contribution in [2.24, 2.45) is 5.73 Å². The molecule has 0 aromatic heterocycles. The van der Waals surface area contributed by atoms with E-state index in [9.17, 15) is 13.6 Å². The van der Waals surface area contributed by atoms with Gasteiger partial charge in [0.15, 0.2) is 8.32 Å². The quantitative estimate of drug-likeness (QED) is 0.396. The highest BCUT2D eigenvalue weighted by atomic mass is 28.4. The normalized spacial score (nSPS) is 20.9. The number of rotatable bonds is 9. The molecule has 1 fully saturated rings. The molecule has 1 aromatic rings. The van der Waals surface area contributed by atoms with Crippen LogP contribution in [0.2, 0.25) is 18.1 Å². The Morgan fingerprint density at radius 3 is 2.22 bits per heavy atom. The number of hydrogen-bond donors (Lipinski definition) is 1. The van der Waals surface area contributed by atoms with E-state index in [1.165, 1.54) is 12.1 Å². The number of likely N-dealkylation sites (tertiary alicyclic amines) is 1. The summed E-state index contributed by atoms with van der Waals surface area (Å²) in [4.78, 5) is 15.0. The Balaban J connectivity index is 2.45. The first kappa shape index (κ1) is 30.7. The molecule has 1 heterocycles. The van der Waals surface area contributed by atoms with E-state index in [2.05, 4.69) is 33.9 Å². The lowest BCUT2D eigenvalue weighted by atomic mass is 9.95. The van der Waals surface area contributed by atoms with Gasteiger partial charge >= 0.3 is 6.09 Å². The van der Waals surface area contributed by atoms with E-state index in [0.29, 0.717) is 25.1 Å². The molecule has 0 spiro atoms. The molecule has 0 saturated carbocycles. The van der Waals surface area contributed by atoms with Crippen LogP contribution in [0.15, 0.2) is 18.2 Å². The lowest BCUT2D eigenvalue weighted by molar-refractivity contribution is 0.00222. The molecule has 36 heavy (non-hydrogen) atoms. The van der Waals surface area contributed by atoms with E-state index < -0.39 is 49.8 Å². The third-order valence-electron chi connectivity index (χ3n) is 6.92. The van der Waals surface area contributed by atoms with Crippen LogP contribution in [0.5, 0.6) is 0 Å². The van der Waals surface area contributed by atoms with Gasteiger partial charge in [0.25, 0.3) is 0 Å². The number of carbonyl (C=O) groups is 1. The first-order chi connectivity index (χ1) is 16.4. The maximum absolute atomic E-state index is 13.9. The number of halogens is 2. The fourth-order valence-corrected chi connectivity index (χ4v) is 5.52. The SMILES string of the molecule is CCCO[C@@H]1C[C@H](C(O[Si](C)(C)C(C)(C)C)C(N)Cc2cc(F)cc(F)c2)N(C(=O)OC(C)(C)C)C1. The van der Waals surface area contributed by atoms with E-state index in [4.69, 9.17) is 19.6 Å². The van der Waals surface area contributed by atoms with Gasteiger partial charge in [0.2, 0.25) is 0 Å². The molecule has 1 aromatic carbocycles. The summed E-state index contributed by atoms with van der Waals surface area (Å²) in [5.41, 5.74) is 6.53. The van der Waals surface area contributed by atoms with Crippen molar-refractivity contribution in [2.75, 3.05) is 13.2 Å². The minimum Gasteiger partial charge on any atom is -0.444 e. The Morgan fingerprint density at radius 1 is 1.14 bits per heavy atom. The van der Waals surface area contributed by atoms with E-state index in [1.807, 2.05) is 27.7 Å². The summed E-state index contributed by atoms with van der Waals surface area (Å²) < 4.78 is 46.5. The Labute approximate surface area is 217 Å². The second kappa shape index (κ2) is 11.9. The van der Waals surface area contributed by atoms with Crippen LogP contribution >= 0.6 is 0 Å². The summed E-state index contributed by atoms with van der Waals surface area (Å²) >= 11 is 0. The smallest absolute Gasteiger partial charge is 0.410 e. The Kier molecular flexibility index (Phi) is 10.1. The van der Waals surface area contributed by atoms with Crippen molar-refractivity contribution in [1.82, 2.24) is 4.90 Å². The van der Waals surface area contributed by atoms with E-state index in [0.717, 1.165) is 12.5 Å². The standard InChI is InChI=1S/C27H46F2N2O4Si/c1-10-11-33-21-16-23(31(17-21)25(32)34-26(2,3)4)24(35-36(8,9)27(5,6)7)22(30)14-18-12-19(28)15-20(29)13-18/h12-13,15,21-24H,10-11,14,16-17,30H2,1-9H3/t21-,22?,23-,24?/m1/s1. The van der Waals surface area contributed by atoms with E-state index in [1.54, 1.807) is 4.90 Å². The molecule has 9 heteroatoms. The second-order valence-electron chi connectivity index (χ2n) is 12.4. The molecule has 1 saturated heterocycles. The fourth-order valence-electron chi connectivity index (χ4n) is 4.16. The fraction of sp³-hybridized carbons (Fsp3) is 0.741. The van der Waals surface area contributed by atoms with Crippen LogP contribution < -0.4 is 5.73 Å². The topological polar surface area (TPSA) is 74.0 Å². The summed E-state index contributed by atoms with van der Waals surface area (Å²) in [5.74, 6) is -1.30. The van der Waals surface area contributed by atoms with Crippen molar-refractivity contribution < 1.29 is 27.5 Å². The van der Waals surface area contributed by atoms with Gasteiger partial charge in [-0.2, -0.15) is 0 Å². The molecule has 0 bridgehead atoms. The van der Waals surface area contributed by atoms with Gasteiger partial charge in [-0.1, -0.05) is 27.7 Å². The van der Waals surface area contributed by atoms with Gasteiger partial charge in [0.1, 0.15) is 17.2 Å². The van der Waals surface area contributed by atoms with Crippen LogP contribution in [-0.4, -0.2) is 62.4 Å². The molecule has 4 atom stereocenters. The molecule has 206 valence electrons. The summed E-state index contributed by atoms with van der Waals surface area (Å²) in [6.45, 7) is 19.2. The maximum Gasteiger partial charge on any atom is 0.410 e. The number of amides is 1.